The van der Waals surface area contributed by atoms with Crippen molar-refractivity contribution >= 4 is 34.9 Å². The standard InChI is InChI=1S/C22H28ClN3O3S/c1-5-12-29-21(28)25-11-10-15(14-25)18-13-16(6-7-17-8-9-19(23)30-17)26(24-18)20(27)22(2,3)4/h5,8-9,13,15H,1,6-7,10-12,14H2,2-4H3. The summed E-state index contributed by atoms with van der Waals surface area (Å²) in [4.78, 5) is 28.0. The Bertz CT molecular complexity index is 928. The Balaban J connectivity index is 1.78. The molecule has 1 aliphatic heterocycles. The lowest BCUT2D eigenvalue weighted by Gasteiger charge is -2.18. The van der Waals surface area contributed by atoms with Gasteiger partial charge in [0.25, 0.3) is 5.91 Å². The quantitative estimate of drug-likeness (QED) is 0.570. The van der Waals surface area contributed by atoms with E-state index in [1.165, 1.54) is 4.88 Å². The molecule has 8 heteroatoms. The summed E-state index contributed by atoms with van der Waals surface area (Å²) in [5.41, 5.74) is 1.20. The molecule has 0 bridgehead atoms. The first kappa shape index (κ1) is 22.6. The van der Waals surface area contributed by atoms with Gasteiger partial charge in [0.1, 0.15) is 6.61 Å². The molecule has 162 valence electrons. The number of hydrogen-bond donors (Lipinski definition) is 0. The highest BCUT2D eigenvalue weighted by atomic mass is 35.5. The molecule has 0 N–H and O–H groups in total. The van der Waals surface area contributed by atoms with Gasteiger partial charge in [0.2, 0.25) is 0 Å². The van der Waals surface area contributed by atoms with Gasteiger partial charge in [0.05, 0.1) is 10.0 Å². The number of ether oxygens (including phenoxy) is 1. The van der Waals surface area contributed by atoms with Crippen molar-refractivity contribution in [3.8, 4) is 0 Å². The molecule has 0 aromatic carbocycles. The Labute approximate surface area is 186 Å². The van der Waals surface area contributed by atoms with Crippen LogP contribution in [0.3, 0.4) is 0 Å². The monoisotopic (exact) mass is 449 g/mol. The second-order valence-corrected chi connectivity index (χ2v) is 10.3. The van der Waals surface area contributed by atoms with E-state index in [4.69, 9.17) is 16.3 Å². The van der Waals surface area contributed by atoms with Crippen LogP contribution in [0.4, 0.5) is 4.79 Å². The Morgan fingerprint density at radius 1 is 1.37 bits per heavy atom. The van der Waals surface area contributed by atoms with Crippen molar-refractivity contribution < 1.29 is 14.3 Å². The highest BCUT2D eigenvalue weighted by molar-refractivity contribution is 7.16. The molecule has 6 nitrogen and oxygen atoms in total. The highest BCUT2D eigenvalue weighted by Gasteiger charge is 2.32. The number of amides is 1. The van der Waals surface area contributed by atoms with Gasteiger partial charge in [-0.2, -0.15) is 5.10 Å². The fourth-order valence-electron chi connectivity index (χ4n) is 3.44. The number of likely N-dealkylation sites (tertiary alicyclic amines) is 1. The maximum absolute atomic E-state index is 13.0. The maximum atomic E-state index is 13.0. The molecule has 30 heavy (non-hydrogen) atoms. The molecule has 1 unspecified atom stereocenters. The first-order valence-corrected chi connectivity index (χ1v) is 11.3. The molecule has 0 radical (unpaired) electrons. The van der Waals surface area contributed by atoms with Gasteiger partial charge in [0, 0.05) is 35.0 Å². The molecule has 3 heterocycles. The van der Waals surface area contributed by atoms with Crippen molar-refractivity contribution in [3.63, 3.8) is 0 Å². The number of hydrogen-bond acceptors (Lipinski definition) is 5. The minimum absolute atomic E-state index is 0.0341. The topological polar surface area (TPSA) is 64.4 Å². The summed E-state index contributed by atoms with van der Waals surface area (Å²) < 4.78 is 7.46. The summed E-state index contributed by atoms with van der Waals surface area (Å²) in [6, 6.07) is 5.93. The van der Waals surface area contributed by atoms with E-state index in [0.717, 1.165) is 28.6 Å². The van der Waals surface area contributed by atoms with Crippen molar-refractivity contribution in [3.05, 3.63) is 51.5 Å². The zero-order valence-corrected chi connectivity index (χ0v) is 19.3. The summed E-state index contributed by atoms with van der Waals surface area (Å²) in [5.74, 6) is 0.0541. The van der Waals surface area contributed by atoms with Crippen LogP contribution in [-0.4, -0.2) is 46.4 Å². The van der Waals surface area contributed by atoms with Gasteiger partial charge in [-0.05, 0) is 37.5 Å². The van der Waals surface area contributed by atoms with Crippen LogP contribution in [0, 0.1) is 5.41 Å². The minimum Gasteiger partial charge on any atom is -0.445 e. The number of rotatable bonds is 6. The van der Waals surface area contributed by atoms with Crippen molar-refractivity contribution in [2.45, 2.75) is 46.0 Å². The average molecular weight is 450 g/mol. The number of aromatic nitrogens is 2. The van der Waals surface area contributed by atoms with E-state index in [0.29, 0.717) is 19.5 Å². The molecule has 0 spiro atoms. The zero-order chi connectivity index (χ0) is 21.9. The van der Waals surface area contributed by atoms with E-state index in [1.807, 2.05) is 39.0 Å². The maximum Gasteiger partial charge on any atom is 0.410 e. The second kappa shape index (κ2) is 9.35. The summed E-state index contributed by atoms with van der Waals surface area (Å²) in [5, 5.41) is 4.68. The van der Waals surface area contributed by atoms with Crippen LogP contribution in [0.2, 0.25) is 4.34 Å². The van der Waals surface area contributed by atoms with Crippen LogP contribution in [0.1, 0.15) is 54.2 Å². The van der Waals surface area contributed by atoms with Crippen LogP contribution < -0.4 is 0 Å². The Morgan fingerprint density at radius 3 is 2.77 bits per heavy atom. The predicted octanol–water partition coefficient (Wildman–Crippen LogP) is 5.18. The summed E-state index contributed by atoms with van der Waals surface area (Å²) >= 11 is 7.60. The molecule has 1 saturated heterocycles. The van der Waals surface area contributed by atoms with E-state index in [1.54, 1.807) is 27.0 Å². The van der Waals surface area contributed by atoms with Crippen LogP contribution in [-0.2, 0) is 17.6 Å². The third-order valence-corrected chi connectivity index (χ3v) is 6.37. The molecular formula is C22H28ClN3O3S. The summed E-state index contributed by atoms with van der Waals surface area (Å²) in [6.45, 7) is 10.6. The molecule has 1 aliphatic rings. The van der Waals surface area contributed by atoms with Gasteiger partial charge in [0.15, 0.2) is 0 Å². The van der Waals surface area contributed by atoms with Gasteiger partial charge in [-0.3, -0.25) is 4.79 Å². The Kier molecular flexibility index (Phi) is 7.03. The third kappa shape index (κ3) is 5.32. The normalized spacial score (nSPS) is 16.7. The lowest BCUT2D eigenvalue weighted by Crippen LogP contribution is -2.30. The Hall–Kier alpha value is -2.12. The van der Waals surface area contributed by atoms with Crippen molar-refractivity contribution in [2.75, 3.05) is 19.7 Å². The van der Waals surface area contributed by atoms with E-state index in [9.17, 15) is 9.59 Å². The Morgan fingerprint density at radius 2 is 2.13 bits per heavy atom. The van der Waals surface area contributed by atoms with Crippen LogP contribution in [0.25, 0.3) is 0 Å². The van der Waals surface area contributed by atoms with E-state index in [-0.39, 0.29) is 24.5 Å². The largest absolute Gasteiger partial charge is 0.445 e. The number of aryl methyl sites for hydroxylation is 2. The van der Waals surface area contributed by atoms with Crippen molar-refractivity contribution in [1.82, 2.24) is 14.7 Å². The third-order valence-electron chi connectivity index (χ3n) is 5.08. The average Bonchev–Trinajstić information content (AvgIpc) is 3.42. The number of carbonyl (C=O) groups is 2. The fraction of sp³-hybridized carbons (Fsp3) is 0.500. The van der Waals surface area contributed by atoms with Crippen molar-refractivity contribution in [2.24, 2.45) is 5.41 Å². The molecule has 2 aromatic rings. The number of thiophene rings is 1. The molecule has 1 amide bonds. The van der Waals surface area contributed by atoms with E-state index >= 15 is 0 Å². The summed E-state index contributed by atoms with van der Waals surface area (Å²) in [7, 11) is 0. The molecule has 0 aliphatic carbocycles. The fourth-order valence-corrected chi connectivity index (χ4v) is 4.52. The molecule has 1 atom stereocenters. The molecule has 3 rings (SSSR count). The second-order valence-electron chi connectivity index (χ2n) is 8.53. The van der Waals surface area contributed by atoms with Crippen LogP contribution >= 0.6 is 22.9 Å². The van der Waals surface area contributed by atoms with E-state index in [2.05, 4.69) is 11.7 Å². The van der Waals surface area contributed by atoms with Crippen LogP contribution in [0.5, 0.6) is 0 Å². The lowest BCUT2D eigenvalue weighted by atomic mass is 9.95. The number of halogens is 1. The SMILES string of the molecule is C=CCOC(=O)N1CCC(c2cc(CCc3ccc(Cl)s3)n(C(=O)C(C)(C)C)n2)C1. The van der Waals surface area contributed by atoms with Crippen molar-refractivity contribution in [1.29, 1.82) is 0 Å². The first-order chi connectivity index (χ1) is 14.2. The highest BCUT2D eigenvalue weighted by Crippen LogP contribution is 2.29. The van der Waals surface area contributed by atoms with Gasteiger partial charge < -0.3 is 9.64 Å². The minimum atomic E-state index is -0.541. The number of carbonyl (C=O) groups excluding carboxylic acids is 2. The van der Waals surface area contributed by atoms with Crippen LogP contribution in [0.15, 0.2) is 30.9 Å². The molecule has 1 fully saturated rings. The van der Waals surface area contributed by atoms with Gasteiger partial charge >= 0.3 is 6.09 Å². The molecule has 2 aromatic heterocycles. The molecular weight excluding hydrogens is 422 g/mol. The summed E-state index contributed by atoms with van der Waals surface area (Å²) in [6.07, 6.45) is 3.51. The van der Waals surface area contributed by atoms with E-state index < -0.39 is 5.41 Å². The smallest absolute Gasteiger partial charge is 0.410 e. The van der Waals surface area contributed by atoms with Gasteiger partial charge in [-0.25, -0.2) is 9.48 Å². The lowest BCUT2D eigenvalue weighted by molar-refractivity contribution is 0.0743. The van der Waals surface area contributed by atoms with Gasteiger partial charge in [-0.15, -0.1) is 11.3 Å². The zero-order valence-electron chi connectivity index (χ0n) is 17.7. The van der Waals surface area contributed by atoms with Gasteiger partial charge in [-0.1, -0.05) is 45.0 Å². The first-order valence-electron chi connectivity index (χ1n) is 10.1. The predicted molar refractivity (Wildman–Crippen MR) is 120 cm³/mol. The number of nitrogens with zero attached hydrogens (tertiary/aromatic N) is 3. The molecule has 0 saturated carbocycles.